The number of aromatic nitrogens is 1. The zero-order valence-electron chi connectivity index (χ0n) is 7.87. The van der Waals surface area contributed by atoms with Gasteiger partial charge in [0.2, 0.25) is 0 Å². The van der Waals surface area contributed by atoms with Crippen molar-refractivity contribution in [3.05, 3.63) is 30.1 Å². The van der Waals surface area contributed by atoms with Crippen LogP contribution < -0.4 is 0 Å². The monoisotopic (exact) mass is 175 g/mol. The number of rotatable bonds is 2. The van der Waals surface area contributed by atoms with Crippen LogP contribution in [0, 0.1) is 6.07 Å². The maximum atomic E-state index is 4.07. The van der Waals surface area contributed by atoms with Crippen molar-refractivity contribution in [3.63, 3.8) is 0 Å². The van der Waals surface area contributed by atoms with Crippen molar-refractivity contribution in [1.29, 1.82) is 0 Å². The van der Waals surface area contributed by atoms with Gasteiger partial charge in [-0.25, -0.2) is 0 Å². The summed E-state index contributed by atoms with van der Waals surface area (Å²) < 4.78 is 0. The quantitative estimate of drug-likeness (QED) is 0.682. The molecular weight excluding hydrogens is 160 g/mol. The Morgan fingerprint density at radius 2 is 2.15 bits per heavy atom. The summed E-state index contributed by atoms with van der Waals surface area (Å²) in [5, 5.41) is 0. The number of pyridine rings is 1. The summed E-state index contributed by atoms with van der Waals surface area (Å²) >= 11 is 0. The van der Waals surface area contributed by atoms with E-state index in [1.807, 2.05) is 12.3 Å². The third-order valence-corrected chi connectivity index (χ3v) is 2.51. The Labute approximate surface area is 79.6 Å². The van der Waals surface area contributed by atoms with E-state index in [0.717, 1.165) is 6.54 Å². The molecule has 1 saturated heterocycles. The van der Waals surface area contributed by atoms with Gasteiger partial charge in [0.25, 0.3) is 0 Å². The molecule has 1 aliphatic rings. The Morgan fingerprint density at radius 1 is 1.31 bits per heavy atom. The van der Waals surface area contributed by atoms with Crippen LogP contribution >= 0.6 is 0 Å². The highest BCUT2D eigenvalue weighted by Crippen LogP contribution is 2.11. The average Bonchev–Trinajstić information content (AvgIpc) is 2.21. The molecular formula is C11H15N2. The molecule has 69 valence electrons. The van der Waals surface area contributed by atoms with Crippen LogP contribution in [-0.4, -0.2) is 23.0 Å². The van der Waals surface area contributed by atoms with Gasteiger partial charge in [-0.3, -0.25) is 9.88 Å². The minimum Gasteiger partial charge on any atom is -0.299 e. The Balaban J connectivity index is 1.90. The molecule has 0 aromatic carbocycles. The fraction of sp³-hybridized carbons (Fsp3) is 0.545. The highest BCUT2D eigenvalue weighted by Gasteiger charge is 2.09. The summed E-state index contributed by atoms with van der Waals surface area (Å²) in [4.78, 5) is 6.56. The summed E-state index contributed by atoms with van der Waals surface area (Å²) in [6.45, 7) is 3.54. The van der Waals surface area contributed by atoms with Crippen molar-refractivity contribution >= 4 is 0 Å². The zero-order valence-corrected chi connectivity index (χ0v) is 7.87. The second-order valence-corrected chi connectivity index (χ2v) is 3.63. The first-order valence-electron chi connectivity index (χ1n) is 4.97. The summed E-state index contributed by atoms with van der Waals surface area (Å²) in [6, 6.07) is 5.04. The lowest BCUT2D eigenvalue weighted by atomic mass is 10.1. The highest BCUT2D eigenvalue weighted by atomic mass is 15.1. The Morgan fingerprint density at radius 3 is 2.85 bits per heavy atom. The third kappa shape index (κ3) is 2.52. The van der Waals surface area contributed by atoms with E-state index < -0.39 is 0 Å². The van der Waals surface area contributed by atoms with Gasteiger partial charge in [0.15, 0.2) is 0 Å². The van der Waals surface area contributed by atoms with Gasteiger partial charge >= 0.3 is 0 Å². The van der Waals surface area contributed by atoms with Crippen LogP contribution in [0.3, 0.4) is 0 Å². The van der Waals surface area contributed by atoms with E-state index in [1.165, 1.54) is 37.9 Å². The van der Waals surface area contributed by atoms with Gasteiger partial charge in [-0.2, -0.15) is 0 Å². The molecule has 1 fully saturated rings. The van der Waals surface area contributed by atoms with Crippen molar-refractivity contribution in [1.82, 2.24) is 9.88 Å². The summed E-state index contributed by atoms with van der Waals surface area (Å²) in [5.41, 5.74) is 1.28. The highest BCUT2D eigenvalue weighted by molar-refractivity contribution is 5.07. The van der Waals surface area contributed by atoms with Gasteiger partial charge in [0, 0.05) is 25.0 Å². The molecule has 0 bridgehead atoms. The molecule has 0 N–H and O–H groups in total. The molecule has 0 aliphatic carbocycles. The standard InChI is InChI=1S/C11H15N2/c1-2-7-13(8-3-1)10-11-5-4-6-12-9-11/h5-6,9H,1-3,7-8,10H2. The van der Waals surface area contributed by atoms with Gasteiger partial charge in [-0.15, -0.1) is 0 Å². The van der Waals surface area contributed by atoms with Gasteiger partial charge in [-0.1, -0.05) is 6.42 Å². The SMILES string of the molecule is [c]1cncc(CN2CCCCC2)c1. The molecule has 2 heteroatoms. The Kier molecular flexibility index (Phi) is 2.93. The predicted molar refractivity (Wildman–Crippen MR) is 52.2 cm³/mol. The van der Waals surface area contributed by atoms with Crippen LogP contribution in [0.15, 0.2) is 18.5 Å². The molecule has 1 radical (unpaired) electrons. The van der Waals surface area contributed by atoms with Gasteiger partial charge in [0.1, 0.15) is 0 Å². The largest absolute Gasteiger partial charge is 0.299 e. The molecule has 0 saturated carbocycles. The fourth-order valence-corrected chi connectivity index (χ4v) is 1.82. The maximum absolute atomic E-state index is 4.07. The van der Waals surface area contributed by atoms with Crippen molar-refractivity contribution in [2.24, 2.45) is 0 Å². The number of nitrogens with zero attached hydrogens (tertiary/aromatic N) is 2. The predicted octanol–water partition coefficient (Wildman–Crippen LogP) is 1.87. The molecule has 0 unspecified atom stereocenters. The van der Waals surface area contributed by atoms with Crippen molar-refractivity contribution < 1.29 is 0 Å². The van der Waals surface area contributed by atoms with Gasteiger partial charge in [-0.05, 0) is 37.6 Å². The van der Waals surface area contributed by atoms with E-state index >= 15 is 0 Å². The van der Waals surface area contributed by atoms with Crippen LogP contribution in [0.25, 0.3) is 0 Å². The fourth-order valence-electron chi connectivity index (χ4n) is 1.82. The number of hydrogen-bond donors (Lipinski definition) is 0. The van der Waals surface area contributed by atoms with E-state index in [2.05, 4.69) is 16.0 Å². The lowest BCUT2D eigenvalue weighted by molar-refractivity contribution is 0.220. The Bertz CT molecular complexity index is 240. The first kappa shape index (κ1) is 8.70. The maximum Gasteiger partial charge on any atom is 0.0347 e. The van der Waals surface area contributed by atoms with Gasteiger partial charge < -0.3 is 0 Å². The van der Waals surface area contributed by atoms with Gasteiger partial charge in [0.05, 0.1) is 0 Å². The van der Waals surface area contributed by atoms with Crippen LogP contribution in [0.1, 0.15) is 24.8 Å². The minimum atomic E-state index is 1.05. The number of hydrogen-bond acceptors (Lipinski definition) is 2. The van der Waals surface area contributed by atoms with Crippen molar-refractivity contribution in [2.45, 2.75) is 25.8 Å². The summed E-state index contributed by atoms with van der Waals surface area (Å²) in [6.07, 6.45) is 7.74. The molecule has 1 aliphatic heterocycles. The lowest BCUT2D eigenvalue weighted by Gasteiger charge is -2.26. The molecule has 0 spiro atoms. The first-order chi connectivity index (χ1) is 6.45. The molecule has 2 nitrogen and oxygen atoms in total. The minimum absolute atomic E-state index is 1.05. The normalized spacial score (nSPS) is 18.8. The second kappa shape index (κ2) is 4.38. The van der Waals surface area contributed by atoms with E-state index in [0.29, 0.717) is 0 Å². The topological polar surface area (TPSA) is 16.1 Å². The molecule has 0 atom stereocenters. The van der Waals surface area contributed by atoms with Crippen molar-refractivity contribution in [3.8, 4) is 0 Å². The van der Waals surface area contributed by atoms with E-state index in [1.54, 1.807) is 6.20 Å². The smallest absolute Gasteiger partial charge is 0.0347 e. The lowest BCUT2D eigenvalue weighted by Crippen LogP contribution is -2.29. The Hall–Kier alpha value is -0.890. The molecule has 2 rings (SSSR count). The third-order valence-electron chi connectivity index (χ3n) is 2.51. The van der Waals surface area contributed by atoms with Crippen molar-refractivity contribution in [2.75, 3.05) is 13.1 Å². The number of piperidine rings is 1. The van der Waals surface area contributed by atoms with Crippen LogP contribution in [0.5, 0.6) is 0 Å². The summed E-state index contributed by atoms with van der Waals surface area (Å²) in [7, 11) is 0. The zero-order chi connectivity index (χ0) is 8.93. The number of likely N-dealkylation sites (tertiary alicyclic amines) is 1. The first-order valence-corrected chi connectivity index (χ1v) is 4.97. The average molecular weight is 175 g/mol. The van der Waals surface area contributed by atoms with Crippen LogP contribution in [0.2, 0.25) is 0 Å². The van der Waals surface area contributed by atoms with E-state index in [4.69, 9.17) is 0 Å². The van der Waals surface area contributed by atoms with E-state index in [-0.39, 0.29) is 0 Å². The van der Waals surface area contributed by atoms with Crippen LogP contribution in [-0.2, 0) is 6.54 Å². The summed E-state index contributed by atoms with van der Waals surface area (Å²) in [5.74, 6) is 0. The second-order valence-electron chi connectivity index (χ2n) is 3.63. The molecule has 1 aromatic rings. The van der Waals surface area contributed by atoms with Crippen LogP contribution in [0.4, 0.5) is 0 Å². The molecule has 1 aromatic heterocycles. The molecule has 13 heavy (non-hydrogen) atoms. The molecule has 0 amide bonds. The molecule has 2 heterocycles. The van der Waals surface area contributed by atoms with E-state index in [9.17, 15) is 0 Å².